The molecule has 0 radical (unpaired) electrons. The summed E-state index contributed by atoms with van der Waals surface area (Å²) in [6.07, 6.45) is 0. The Bertz CT molecular complexity index is 857. The highest BCUT2D eigenvalue weighted by Gasteiger charge is 2.16. The van der Waals surface area contributed by atoms with Gasteiger partial charge in [-0.2, -0.15) is 4.72 Å². The minimum atomic E-state index is -3.86. The van der Waals surface area contributed by atoms with Gasteiger partial charge in [0.25, 0.3) is 0 Å². The predicted octanol–water partition coefficient (Wildman–Crippen LogP) is 2.08. The number of carbonyl (C=O) groups is 2. The molecule has 0 unspecified atom stereocenters. The molecule has 2 aromatic rings. The Balaban J connectivity index is 1.99. The van der Waals surface area contributed by atoms with Crippen LogP contribution in [0, 0.1) is 6.92 Å². The van der Waals surface area contributed by atoms with Gasteiger partial charge < -0.3 is 4.74 Å². The third-order valence-corrected chi connectivity index (χ3v) is 4.62. The first-order valence-corrected chi connectivity index (χ1v) is 8.64. The fourth-order valence-corrected chi connectivity index (χ4v) is 2.92. The topological polar surface area (TPSA) is 89.5 Å². The fourth-order valence-electron chi connectivity index (χ4n) is 1.95. The number of Topliss-reactive ketones (excluding diaryl/α,β-unsaturated/α-hetero) is 1. The molecule has 0 saturated carbocycles. The standard InChI is InChI=1S/C17H17NO5S/c1-12-4-3-5-15(10-12)23-17(20)11-18-24(21,22)16-8-6-14(7-9-16)13(2)19/h3-10,18H,11H2,1-2H3. The van der Waals surface area contributed by atoms with Gasteiger partial charge in [0.05, 0.1) is 4.90 Å². The number of hydrogen-bond acceptors (Lipinski definition) is 5. The van der Waals surface area contributed by atoms with Crippen LogP contribution < -0.4 is 9.46 Å². The molecular formula is C17H17NO5S. The van der Waals surface area contributed by atoms with Crippen LogP contribution in [0.1, 0.15) is 22.8 Å². The van der Waals surface area contributed by atoms with Crippen molar-refractivity contribution >= 4 is 21.8 Å². The number of benzene rings is 2. The first-order chi connectivity index (χ1) is 11.3. The number of aryl methyl sites for hydroxylation is 1. The molecule has 6 nitrogen and oxygen atoms in total. The Morgan fingerprint density at radius 2 is 1.75 bits per heavy atom. The van der Waals surface area contributed by atoms with E-state index in [-0.39, 0.29) is 10.7 Å². The highest BCUT2D eigenvalue weighted by atomic mass is 32.2. The second-order valence-electron chi connectivity index (χ2n) is 5.20. The maximum absolute atomic E-state index is 12.1. The number of rotatable bonds is 6. The van der Waals surface area contributed by atoms with Gasteiger partial charge in [0, 0.05) is 5.56 Å². The minimum absolute atomic E-state index is 0.0316. The summed E-state index contributed by atoms with van der Waals surface area (Å²) in [6, 6.07) is 12.3. The van der Waals surface area contributed by atoms with E-state index < -0.39 is 22.5 Å². The second-order valence-corrected chi connectivity index (χ2v) is 6.96. The highest BCUT2D eigenvalue weighted by Crippen LogP contribution is 2.13. The van der Waals surface area contributed by atoms with Crippen LogP contribution in [0.15, 0.2) is 53.4 Å². The Morgan fingerprint density at radius 3 is 2.33 bits per heavy atom. The normalized spacial score (nSPS) is 11.1. The van der Waals surface area contributed by atoms with Crippen molar-refractivity contribution in [1.29, 1.82) is 0 Å². The molecule has 0 aliphatic rings. The summed E-state index contributed by atoms with van der Waals surface area (Å²) in [5, 5.41) is 0. The molecule has 0 bridgehead atoms. The van der Waals surface area contributed by atoms with Crippen molar-refractivity contribution in [2.75, 3.05) is 6.54 Å². The number of esters is 1. The first-order valence-electron chi connectivity index (χ1n) is 7.16. The van der Waals surface area contributed by atoms with Crippen LogP contribution in [0.3, 0.4) is 0 Å². The molecular weight excluding hydrogens is 330 g/mol. The van der Waals surface area contributed by atoms with E-state index in [9.17, 15) is 18.0 Å². The molecule has 126 valence electrons. The lowest BCUT2D eigenvalue weighted by molar-refractivity contribution is -0.133. The van der Waals surface area contributed by atoms with Crippen molar-refractivity contribution in [3.8, 4) is 5.75 Å². The van der Waals surface area contributed by atoms with Gasteiger partial charge in [0.15, 0.2) is 5.78 Å². The quantitative estimate of drug-likeness (QED) is 0.491. The van der Waals surface area contributed by atoms with Crippen LogP contribution in [0.5, 0.6) is 5.75 Å². The lowest BCUT2D eigenvalue weighted by Gasteiger charge is -2.08. The molecule has 2 rings (SSSR count). The Hall–Kier alpha value is -2.51. The van der Waals surface area contributed by atoms with Gasteiger partial charge in [0.2, 0.25) is 10.0 Å². The molecule has 7 heteroatoms. The van der Waals surface area contributed by atoms with Crippen LogP contribution in [-0.2, 0) is 14.8 Å². The zero-order valence-electron chi connectivity index (χ0n) is 13.3. The van der Waals surface area contributed by atoms with E-state index in [2.05, 4.69) is 4.72 Å². The molecule has 0 amide bonds. The molecule has 24 heavy (non-hydrogen) atoms. The molecule has 0 aromatic heterocycles. The van der Waals surface area contributed by atoms with Crippen LogP contribution in [-0.4, -0.2) is 26.7 Å². The second kappa shape index (κ2) is 7.37. The van der Waals surface area contributed by atoms with Gasteiger partial charge in [-0.3, -0.25) is 9.59 Å². The SMILES string of the molecule is CC(=O)c1ccc(S(=O)(=O)NCC(=O)Oc2cccc(C)c2)cc1. The number of hydrogen-bond donors (Lipinski definition) is 1. The summed E-state index contributed by atoms with van der Waals surface area (Å²) in [7, 11) is -3.86. The van der Waals surface area contributed by atoms with Gasteiger partial charge in [-0.15, -0.1) is 0 Å². The van der Waals surface area contributed by atoms with Gasteiger partial charge >= 0.3 is 5.97 Å². The average molecular weight is 347 g/mol. The van der Waals surface area contributed by atoms with Crippen LogP contribution >= 0.6 is 0 Å². The summed E-state index contributed by atoms with van der Waals surface area (Å²) in [4.78, 5) is 22.9. The molecule has 0 aliphatic carbocycles. The molecule has 1 N–H and O–H groups in total. The van der Waals surface area contributed by atoms with E-state index >= 15 is 0 Å². The fraction of sp³-hybridized carbons (Fsp3) is 0.176. The van der Waals surface area contributed by atoms with E-state index in [0.717, 1.165) is 5.56 Å². The molecule has 0 heterocycles. The zero-order chi connectivity index (χ0) is 17.7. The first kappa shape index (κ1) is 17.8. The van der Waals surface area contributed by atoms with Gasteiger partial charge in [-0.25, -0.2) is 8.42 Å². The summed E-state index contributed by atoms with van der Waals surface area (Å²) < 4.78 is 31.5. The van der Waals surface area contributed by atoms with Crippen LogP contribution in [0.2, 0.25) is 0 Å². The predicted molar refractivity (Wildman–Crippen MR) is 88.4 cm³/mol. The number of ketones is 1. The van der Waals surface area contributed by atoms with Crippen LogP contribution in [0.25, 0.3) is 0 Å². The maximum atomic E-state index is 12.1. The summed E-state index contributed by atoms with van der Waals surface area (Å²) in [5.74, 6) is -0.525. The molecule has 2 aromatic carbocycles. The Morgan fingerprint density at radius 1 is 1.08 bits per heavy atom. The lowest BCUT2D eigenvalue weighted by atomic mass is 10.2. The number of carbonyl (C=O) groups excluding carboxylic acids is 2. The van der Waals surface area contributed by atoms with E-state index in [4.69, 9.17) is 4.74 Å². The Kier molecular flexibility index (Phi) is 5.48. The number of ether oxygens (including phenoxy) is 1. The van der Waals surface area contributed by atoms with Crippen molar-refractivity contribution in [3.05, 3.63) is 59.7 Å². The average Bonchev–Trinajstić information content (AvgIpc) is 2.53. The zero-order valence-corrected chi connectivity index (χ0v) is 14.1. The molecule has 0 spiro atoms. The summed E-state index contributed by atoms with van der Waals surface area (Å²) >= 11 is 0. The van der Waals surface area contributed by atoms with E-state index in [1.54, 1.807) is 18.2 Å². The minimum Gasteiger partial charge on any atom is -0.426 e. The third-order valence-electron chi connectivity index (χ3n) is 3.20. The monoisotopic (exact) mass is 347 g/mol. The van der Waals surface area contributed by atoms with Gasteiger partial charge in [0.1, 0.15) is 12.3 Å². The van der Waals surface area contributed by atoms with E-state index in [0.29, 0.717) is 11.3 Å². The van der Waals surface area contributed by atoms with Gasteiger partial charge in [-0.05, 0) is 43.7 Å². The smallest absolute Gasteiger partial charge is 0.326 e. The lowest BCUT2D eigenvalue weighted by Crippen LogP contribution is -2.32. The van der Waals surface area contributed by atoms with Crippen molar-refractivity contribution in [3.63, 3.8) is 0 Å². The molecule has 0 atom stereocenters. The third kappa shape index (κ3) is 4.74. The molecule has 0 saturated heterocycles. The maximum Gasteiger partial charge on any atom is 0.326 e. The number of nitrogens with one attached hydrogen (secondary N) is 1. The van der Waals surface area contributed by atoms with Crippen LogP contribution in [0.4, 0.5) is 0 Å². The van der Waals surface area contributed by atoms with Gasteiger partial charge in [-0.1, -0.05) is 24.3 Å². The van der Waals surface area contributed by atoms with E-state index in [1.807, 2.05) is 13.0 Å². The van der Waals surface area contributed by atoms with E-state index in [1.165, 1.54) is 31.2 Å². The molecule has 0 aliphatic heterocycles. The van der Waals surface area contributed by atoms with Crippen molar-refractivity contribution in [2.24, 2.45) is 0 Å². The Labute approximate surface area is 140 Å². The largest absolute Gasteiger partial charge is 0.426 e. The molecule has 0 fully saturated rings. The highest BCUT2D eigenvalue weighted by molar-refractivity contribution is 7.89. The van der Waals surface area contributed by atoms with Crippen molar-refractivity contribution in [1.82, 2.24) is 4.72 Å². The summed E-state index contributed by atoms with van der Waals surface area (Å²) in [5.41, 5.74) is 1.33. The number of sulfonamides is 1. The summed E-state index contributed by atoms with van der Waals surface area (Å²) in [6.45, 7) is 2.75. The van der Waals surface area contributed by atoms with Crippen molar-refractivity contribution in [2.45, 2.75) is 18.7 Å². The van der Waals surface area contributed by atoms with Crippen molar-refractivity contribution < 1.29 is 22.7 Å².